The van der Waals surface area contributed by atoms with Gasteiger partial charge in [-0.1, -0.05) is 18.2 Å². The van der Waals surface area contributed by atoms with Crippen molar-refractivity contribution in [3.63, 3.8) is 0 Å². The molecule has 0 radical (unpaired) electrons. The lowest BCUT2D eigenvalue weighted by Crippen LogP contribution is -2.37. The van der Waals surface area contributed by atoms with E-state index in [0.717, 1.165) is 28.2 Å². The number of esters is 1. The molecule has 0 atom stereocenters. The molecule has 2 aromatic rings. The van der Waals surface area contributed by atoms with Gasteiger partial charge in [0.1, 0.15) is 11.6 Å². The number of nitrogens with zero attached hydrogens (tertiary/aromatic N) is 1. The molecule has 6 nitrogen and oxygen atoms in total. The molecule has 2 rings (SSSR count). The molecule has 2 aromatic carbocycles. The van der Waals surface area contributed by atoms with Gasteiger partial charge in [0.25, 0.3) is 5.91 Å². The lowest BCUT2D eigenvalue weighted by molar-refractivity contribution is -0.136. The molecule has 0 aromatic heterocycles. The monoisotopic (exact) mass is 390 g/mol. The van der Waals surface area contributed by atoms with E-state index in [1.165, 1.54) is 7.05 Å². The van der Waals surface area contributed by atoms with E-state index in [2.05, 4.69) is 5.32 Å². The normalized spacial score (nSPS) is 10.3. The summed E-state index contributed by atoms with van der Waals surface area (Å²) >= 11 is 0. The number of aryl methyl sites for hydroxylation is 2. The number of carbonyl (C=O) groups is 3. The van der Waals surface area contributed by atoms with Gasteiger partial charge in [-0.2, -0.15) is 0 Å². The van der Waals surface area contributed by atoms with Crippen molar-refractivity contribution in [3.8, 4) is 0 Å². The molecule has 8 heteroatoms. The van der Waals surface area contributed by atoms with Crippen LogP contribution in [0.5, 0.6) is 0 Å². The Hall–Kier alpha value is -3.29. The molecule has 0 spiro atoms. The molecule has 0 heterocycles. The van der Waals surface area contributed by atoms with Gasteiger partial charge in [-0.25, -0.2) is 13.6 Å². The number of ether oxygens (including phenoxy) is 1. The minimum absolute atomic E-state index is 0.251. The molecular weight excluding hydrogens is 370 g/mol. The molecule has 0 bridgehead atoms. The summed E-state index contributed by atoms with van der Waals surface area (Å²) in [5.74, 6) is -3.95. The van der Waals surface area contributed by atoms with Gasteiger partial charge in [-0.15, -0.1) is 0 Å². The summed E-state index contributed by atoms with van der Waals surface area (Å²) < 4.78 is 31.0. The van der Waals surface area contributed by atoms with E-state index >= 15 is 0 Å². The van der Waals surface area contributed by atoms with E-state index in [0.29, 0.717) is 11.8 Å². The van der Waals surface area contributed by atoms with E-state index in [9.17, 15) is 23.2 Å². The number of anilines is 1. The summed E-state index contributed by atoms with van der Waals surface area (Å²) in [6, 6.07) is 7.80. The third-order valence-corrected chi connectivity index (χ3v) is 3.98. The van der Waals surface area contributed by atoms with Crippen molar-refractivity contribution >= 4 is 23.5 Å². The van der Waals surface area contributed by atoms with Crippen LogP contribution in [0.25, 0.3) is 0 Å². The molecule has 0 saturated heterocycles. The number of hydrogen-bond acceptors (Lipinski definition) is 4. The molecule has 0 fully saturated rings. The number of halogens is 2. The third kappa shape index (κ3) is 5.60. The Balaban J connectivity index is 1.88. The standard InChI is InChI=1S/C20H20F2N2O4/c1-12-5-4-6-13(2)19(12)23-17(25)10-24(3)18(26)11-28-20(27)14-7-15(21)9-16(22)8-14/h4-9H,10-11H2,1-3H3,(H,23,25). The summed E-state index contributed by atoms with van der Waals surface area (Å²) in [6.07, 6.45) is 0. The number of amides is 2. The minimum Gasteiger partial charge on any atom is -0.452 e. The fourth-order valence-electron chi connectivity index (χ4n) is 2.49. The second-order valence-electron chi connectivity index (χ2n) is 6.30. The van der Waals surface area contributed by atoms with Crippen LogP contribution < -0.4 is 5.32 Å². The van der Waals surface area contributed by atoms with Gasteiger partial charge >= 0.3 is 5.97 Å². The Morgan fingerprint density at radius 2 is 1.61 bits per heavy atom. The average molecular weight is 390 g/mol. The highest BCUT2D eigenvalue weighted by atomic mass is 19.1. The molecular formula is C20H20F2N2O4. The van der Waals surface area contributed by atoms with Gasteiger partial charge in [0, 0.05) is 18.8 Å². The Bertz CT molecular complexity index is 875. The van der Waals surface area contributed by atoms with Gasteiger partial charge in [-0.3, -0.25) is 9.59 Å². The van der Waals surface area contributed by atoms with Crippen molar-refractivity contribution in [1.82, 2.24) is 4.90 Å². The highest BCUT2D eigenvalue weighted by molar-refractivity contribution is 5.96. The molecule has 0 saturated carbocycles. The lowest BCUT2D eigenvalue weighted by Gasteiger charge is -2.18. The maximum absolute atomic E-state index is 13.1. The van der Waals surface area contributed by atoms with Crippen molar-refractivity contribution < 1.29 is 27.9 Å². The van der Waals surface area contributed by atoms with Gasteiger partial charge in [0.15, 0.2) is 6.61 Å². The van der Waals surface area contributed by atoms with Gasteiger partial charge < -0.3 is 15.0 Å². The highest BCUT2D eigenvalue weighted by Crippen LogP contribution is 2.19. The van der Waals surface area contributed by atoms with E-state index in [4.69, 9.17) is 4.74 Å². The first-order chi connectivity index (χ1) is 13.2. The number of carbonyl (C=O) groups excluding carboxylic acids is 3. The highest BCUT2D eigenvalue weighted by Gasteiger charge is 2.17. The van der Waals surface area contributed by atoms with Crippen LogP contribution in [0.2, 0.25) is 0 Å². The molecule has 2 amide bonds. The molecule has 0 aliphatic rings. The first kappa shape index (κ1) is 21.0. The predicted molar refractivity (Wildman–Crippen MR) is 98.8 cm³/mol. The maximum atomic E-state index is 13.1. The minimum atomic E-state index is -1.04. The van der Waals surface area contributed by atoms with Crippen LogP contribution in [0, 0.1) is 25.5 Å². The Morgan fingerprint density at radius 1 is 1.04 bits per heavy atom. The maximum Gasteiger partial charge on any atom is 0.338 e. The van der Waals surface area contributed by atoms with E-state index in [1.54, 1.807) is 0 Å². The van der Waals surface area contributed by atoms with E-state index in [1.807, 2.05) is 32.0 Å². The summed E-state index contributed by atoms with van der Waals surface area (Å²) in [7, 11) is 1.38. The molecule has 0 aliphatic carbocycles. The van der Waals surface area contributed by atoms with Crippen molar-refractivity contribution in [3.05, 3.63) is 64.7 Å². The van der Waals surface area contributed by atoms with Crippen LogP contribution >= 0.6 is 0 Å². The largest absolute Gasteiger partial charge is 0.452 e. The Kier molecular flexibility index (Phi) is 6.81. The van der Waals surface area contributed by atoms with Crippen LogP contribution in [0.4, 0.5) is 14.5 Å². The van der Waals surface area contributed by atoms with Crippen molar-refractivity contribution in [2.24, 2.45) is 0 Å². The van der Waals surface area contributed by atoms with Crippen LogP contribution in [0.3, 0.4) is 0 Å². The van der Waals surface area contributed by atoms with Crippen LogP contribution in [0.1, 0.15) is 21.5 Å². The molecule has 148 valence electrons. The third-order valence-electron chi connectivity index (χ3n) is 3.98. The summed E-state index contributed by atoms with van der Waals surface area (Å²) in [5, 5.41) is 2.74. The van der Waals surface area contributed by atoms with E-state index < -0.39 is 36.0 Å². The number of rotatable bonds is 6. The number of para-hydroxylation sites is 1. The number of benzene rings is 2. The summed E-state index contributed by atoms with van der Waals surface area (Å²) in [6.45, 7) is 2.79. The SMILES string of the molecule is Cc1cccc(C)c1NC(=O)CN(C)C(=O)COC(=O)c1cc(F)cc(F)c1. The van der Waals surface area contributed by atoms with Gasteiger partial charge in [0.05, 0.1) is 12.1 Å². The number of likely N-dealkylation sites (N-methyl/N-ethyl adjacent to an activating group) is 1. The first-order valence-corrected chi connectivity index (χ1v) is 8.40. The van der Waals surface area contributed by atoms with Crippen molar-refractivity contribution in [2.45, 2.75) is 13.8 Å². The van der Waals surface area contributed by atoms with Crippen LogP contribution in [-0.4, -0.2) is 42.9 Å². The molecule has 28 heavy (non-hydrogen) atoms. The first-order valence-electron chi connectivity index (χ1n) is 8.40. The van der Waals surface area contributed by atoms with Crippen LogP contribution in [0.15, 0.2) is 36.4 Å². The lowest BCUT2D eigenvalue weighted by atomic mass is 10.1. The van der Waals surface area contributed by atoms with Gasteiger partial charge in [-0.05, 0) is 37.1 Å². The summed E-state index contributed by atoms with van der Waals surface area (Å²) in [5.41, 5.74) is 2.10. The van der Waals surface area contributed by atoms with Crippen molar-refractivity contribution in [2.75, 3.05) is 25.5 Å². The molecule has 1 N–H and O–H groups in total. The quantitative estimate of drug-likeness (QED) is 0.770. The number of hydrogen-bond donors (Lipinski definition) is 1. The Morgan fingerprint density at radius 3 is 2.18 bits per heavy atom. The van der Waals surface area contributed by atoms with Gasteiger partial charge in [0.2, 0.25) is 5.91 Å². The summed E-state index contributed by atoms with van der Waals surface area (Å²) in [4.78, 5) is 37.1. The Labute approximate surface area is 161 Å². The molecule has 0 unspecified atom stereocenters. The van der Waals surface area contributed by atoms with Crippen LogP contribution in [-0.2, 0) is 14.3 Å². The average Bonchev–Trinajstić information content (AvgIpc) is 2.61. The fraction of sp³-hybridized carbons (Fsp3) is 0.250. The molecule has 0 aliphatic heterocycles. The zero-order chi connectivity index (χ0) is 20.8. The van der Waals surface area contributed by atoms with Crippen molar-refractivity contribution in [1.29, 1.82) is 0 Å². The zero-order valence-corrected chi connectivity index (χ0v) is 15.7. The smallest absolute Gasteiger partial charge is 0.338 e. The topological polar surface area (TPSA) is 75.7 Å². The zero-order valence-electron chi connectivity index (χ0n) is 15.7. The second-order valence-corrected chi connectivity index (χ2v) is 6.30. The fourth-order valence-corrected chi connectivity index (χ4v) is 2.49. The second kappa shape index (κ2) is 9.07. The van der Waals surface area contributed by atoms with E-state index in [-0.39, 0.29) is 12.1 Å². The number of nitrogens with one attached hydrogen (secondary N) is 1. The predicted octanol–water partition coefficient (Wildman–Crippen LogP) is 2.84.